The zero-order chi connectivity index (χ0) is 48.5. The van der Waals surface area contributed by atoms with Gasteiger partial charge in [0.25, 0.3) is 11.8 Å². The van der Waals surface area contributed by atoms with Gasteiger partial charge < -0.3 is 25.7 Å². The molecule has 2 saturated carbocycles. The number of aliphatic hydroxyl groups is 2. The molecule has 1 aromatic carbocycles. The van der Waals surface area contributed by atoms with Crippen LogP contribution in [0.25, 0.3) is 0 Å². The van der Waals surface area contributed by atoms with E-state index in [-0.39, 0.29) is 69.1 Å². The largest absolute Gasteiger partial charge is 0.396 e. The summed E-state index contributed by atoms with van der Waals surface area (Å²) in [5.74, 6) is 15.3. The predicted molar refractivity (Wildman–Crippen MR) is 238 cm³/mol. The van der Waals surface area contributed by atoms with E-state index in [1.165, 1.54) is 43.7 Å². The van der Waals surface area contributed by atoms with Crippen molar-refractivity contribution in [3.8, 4) is 35.5 Å². The molecule has 7 rings (SSSR count). The highest BCUT2D eigenvalue weighted by atomic mass is 32.2. The summed E-state index contributed by atoms with van der Waals surface area (Å²) in [4.78, 5) is 52.2. The number of nitrogens with two attached hydrogens (primary N) is 1. The lowest BCUT2D eigenvalue weighted by Crippen LogP contribution is -2.50. The van der Waals surface area contributed by atoms with Crippen molar-refractivity contribution in [2.75, 3.05) is 32.2 Å². The van der Waals surface area contributed by atoms with Crippen LogP contribution < -0.4 is 16.7 Å². The summed E-state index contributed by atoms with van der Waals surface area (Å²) < 4.78 is 47.5. The third-order valence-corrected chi connectivity index (χ3v) is 17.0. The highest BCUT2D eigenvalue weighted by Crippen LogP contribution is 2.42. The van der Waals surface area contributed by atoms with Gasteiger partial charge in [0.05, 0.1) is 18.7 Å². The van der Waals surface area contributed by atoms with E-state index in [4.69, 9.17) is 21.3 Å². The van der Waals surface area contributed by atoms with Crippen molar-refractivity contribution >= 4 is 43.6 Å². The van der Waals surface area contributed by atoms with Crippen LogP contribution in [0, 0.1) is 41.4 Å². The molecule has 2 fully saturated rings. The summed E-state index contributed by atoms with van der Waals surface area (Å²) in [5, 5.41) is 37.0. The van der Waals surface area contributed by atoms with Gasteiger partial charge in [0.2, 0.25) is 0 Å². The summed E-state index contributed by atoms with van der Waals surface area (Å²) in [6.45, 7) is 3.04. The van der Waals surface area contributed by atoms with Crippen molar-refractivity contribution < 1.29 is 56.6 Å². The lowest BCUT2D eigenvalue weighted by Gasteiger charge is -2.41. The van der Waals surface area contributed by atoms with Crippen LogP contribution in [0.3, 0.4) is 0 Å². The monoisotopic (exact) mass is 947 g/mol. The van der Waals surface area contributed by atoms with Gasteiger partial charge in [-0.25, -0.2) is 37.4 Å². The molecule has 4 amide bonds. The highest BCUT2D eigenvalue weighted by molar-refractivity contribution is 7.93. The molecule has 66 heavy (non-hydrogen) atoms. The Balaban J connectivity index is 0.000000218. The molecule has 2 aliphatic heterocycles. The van der Waals surface area contributed by atoms with Gasteiger partial charge in [-0.05, 0) is 100.0 Å². The number of nitrogens with one attached hydrogen (secondary N) is 2. The Bertz CT molecular complexity index is 2850. The smallest absolute Gasteiger partial charge is 0.328 e. The van der Waals surface area contributed by atoms with Gasteiger partial charge in [-0.3, -0.25) is 29.1 Å². The van der Waals surface area contributed by atoms with Crippen LogP contribution in [0.4, 0.5) is 9.59 Å². The Labute approximate surface area is 383 Å². The van der Waals surface area contributed by atoms with Crippen molar-refractivity contribution in [3.05, 3.63) is 82.4 Å². The van der Waals surface area contributed by atoms with E-state index in [2.05, 4.69) is 35.5 Å². The number of rotatable bonds is 13. The lowest BCUT2D eigenvalue weighted by molar-refractivity contribution is -0.132. The fourth-order valence-electron chi connectivity index (χ4n) is 7.90. The first-order valence-electron chi connectivity index (χ1n) is 20.9. The van der Waals surface area contributed by atoms with Gasteiger partial charge in [0.1, 0.15) is 0 Å². The first kappa shape index (κ1) is 49.5. The average Bonchev–Trinajstić information content (AvgIpc) is 3.49. The number of amides is 4. The highest BCUT2D eigenvalue weighted by Gasteiger charge is 2.46. The summed E-state index contributed by atoms with van der Waals surface area (Å²) in [5.41, 5.74) is 12.6. The molecule has 2 atom stereocenters. The molecule has 352 valence electrons. The maximum Gasteiger partial charge on any atom is 0.328 e. The lowest BCUT2D eigenvalue weighted by atomic mass is 9.70. The molecular weight excluding hydrogens is 895 g/mol. The van der Waals surface area contributed by atoms with Crippen LogP contribution in [-0.4, -0.2) is 128 Å². The van der Waals surface area contributed by atoms with E-state index >= 15 is 0 Å². The summed E-state index contributed by atoms with van der Waals surface area (Å²) in [6, 6.07) is 10.7. The SMILES string of the molecule is C[C@@](CCN1Cc2cc(C#CC#CCC3(O)CC(CO)C3)cn2C1=O)(C(=O)NO)S(C)(=O)=O.C[C@@](CCN1Cc2cc(C#Cc3ccc(C4(N)CC4)cc3)cn2C1=O)(C(=O)NO)S(C)(=O)=O. The fraction of sp³-hybridized carbons (Fsp3) is 0.467. The molecule has 4 aliphatic rings. The van der Waals surface area contributed by atoms with Gasteiger partial charge in [-0.2, -0.15) is 0 Å². The molecule has 4 heterocycles. The van der Waals surface area contributed by atoms with Gasteiger partial charge in [-0.15, -0.1) is 0 Å². The van der Waals surface area contributed by atoms with Crippen LogP contribution in [0.15, 0.2) is 48.8 Å². The summed E-state index contributed by atoms with van der Waals surface area (Å²) in [6.07, 6.45) is 8.07. The van der Waals surface area contributed by atoms with E-state index in [0.29, 0.717) is 36.1 Å². The standard InChI is InChI=1S/C23H26N4O5S.C22H27N3O7S/c1-22(20(28)25-30,33(2,31)32)11-12-26-15-19-13-17(14-27(19)21(26)29)4-3-16-5-7-18(8-6-16)23(24)9-10-23;1-21(19(27)23-30,33(2,31)32)8-9-24-14-18-10-16(13-25(18)20(24)28)6-4-3-5-7-22(29)11-17(12-22)15-26/h5-8,13-14,30H,9-12,15,24H2,1-2H3,(H,25,28);10,13,17,26,29-30H,7-9,11-12,14-15H2,1-2H3,(H,23,27)/t22-;17?,21-,22?/m11/s1. The molecule has 21 heteroatoms. The quantitative estimate of drug-likeness (QED) is 0.0721. The third-order valence-electron chi connectivity index (χ3n) is 12.9. The van der Waals surface area contributed by atoms with Crippen LogP contribution in [0.1, 0.15) is 92.4 Å². The van der Waals surface area contributed by atoms with E-state index in [1.54, 1.807) is 18.5 Å². The maximum atomic E-state index is 12.8. The predicted octanol–water partition coefficient (Wildman–Crippen LogP) is 1.17. The van der Waals surface area contributed by atoms with Crippen molar-refractivity contribution in [2.24, 2.45) is 11.7 Å². The Morgan fingerprint density at radius 2 is 1.23 bits per heavy atom. The topological polar surface area (TPSA) is 284 Å². The van der Waals surface area contributed by atoms with Crippen LogP contribution >= 0.6 is 0 Å². The third kappa shape index (κ3) is 10.4. The number of fused-ring (bicyclic) bond motifs is 2. The van der Waals surface area contributed by atoms with E-state index in [1.807, 2.05) is 30.3 Å². The number of aromatic nitrogens is 2. The van der Waals surface area contributed by atoms with Gasteiger partial charge >= 0.3 is 12.1 Å². The number of aliphatic hydroxyl groups excluding tert-OH is 1. The molecule has 2 aliphatic carbocycles. The molecule has 0 radical (unpaired) electrons. The number of nitrogens with zero attached hydrogens (tertiary/aromatic N) is 4. The zero-order valence-corrected chi connectivity index (χ0v) is 38.6. The van der Waals surface area contributed by atoms with Crippen molar-refractivity contribution in [2.45, 2.75) is 92.5 Å². The fourth-order valence-corrected chi connectivity index (χ4v) is 9.59. The Hall–Kier alpha value is -5.96. The second kappa shape index (κ2) is 18.7. The summed E-state index contributed by atoms with van der Waals surface area (Å²) >= 11 is 0. The first-order chi connectivity index (χ1) is 30.9. The Kier molecular flexibility index (Phi) is 14.0. The molecule has 0 saturated heterocycles. The van der Waals surface area contributed by atoms with E-state index in [0.717, 1.165) is 42.2 Å². The van der Waals surface area contributed by atoms with E-state index < -0.39 is 46.6 Å². The minimum atomic E-state index is -3.85. The molecule has 0 spiro atoms. The van der Waals surface area contributed by atoms with Crippen molar-refractivity contribution in [3.63, 3.8) is 0 Å². The molecule has 0 bridgehead atoms. The number of sulfone groups is 2. The maximum absolute atomic E-state index is 12.8. The van der Waals surface area contributed by atoms with Crippen LogP contribution in [0.2, 0.25) is 0 Å². The molecular formula is C45H53N7O12S2. The molecule has 3 aromatic rings. The molecule has 2 aromatic heterocycles. The second-order valence-corrected chi connectivity index (χ2v) is 22.8. The van der Waals surface area contributed by atoms with Crippen molar-refractivity contribution in [1.29, 1.82) is 0 Å². The van der Waals surface area contributed by atoms with Crippen LogP contribution in [0.5, 0.6) is 0 Å². The number of benzene rings is 1. The number of hydrogen-bond donors (Lipinski definition) is 7. The molecule has 0 unspecified atom stereocenters. The number of carbonyl (C=O) groups excluding carboxylic acids is 4. The van der Waals surface area contributed by atoms with Gasteiger partial charge in [-0.1, -0.05) is 35.8 Å². The normalized spacial score (nSPS) is 20.8. The number of hydrogen-bond acceptors (Lipinski definition) is 13. The number of carbonyl (C=O) groups is 4. The minimum absolute atomic E-state index is 0.00401. The Morgan fingerprint density at radius 1 is 0.773 bits per heavy atom. The average molecular weight is 948 g/mol. The number of hydroxylamine groups is 2. The van der Waals surface area contributed by atoms with Gasteiger partial charge in [0.15, 0.2) is 29.2 Å². The Morgan fingerprint density at radius 3 is 1.64 bits per heavy atom. The molecule has 8 N–H and O–H groups in total. The van der Waals surface area contributed by atoms with Gasteiger partial charge in [0, 0.05) is 84.6 Å². The van der Waals surface area contributed by atoms with E-state index in [9.17, 15) is 41.1 Å². The van der Waals surface area contributed by atoms with Crippen molar-refractivity contribution in [1.82, 2.24) is 29.9 Å². The first-order valence-corrected chi connectivity index (χ1v) is 24.7. The summed E-state index contributed by atoms with van der Waals surface area (Å²) in [7, 11) is -7.68. The van der Waals surface area contributed by atoms with Crippen LogP contribution in [-0.2, 0) is 47.9 Å². The second-order valence-electron chi connectivity index (χ2n) is 17.9. The minimum Gasteiger partial charge on any atom is -0.396 e. The molecule has 19 nitrogen and oxygen atoms in total. The zero-order valence-electron chi connectivity index (χ0n) is 36.9.